The van der Waals surface area contributed by atoms with E-state index in [1.807, 2.05) is 5.57 Å². The molecule has 28 heavy (non-hydrogen) atoms. The van der Waals surface area contributed by atoms with E-state index in [1.165, 1.54) is 64.2 Å². The SMILES string of the molecule is C=CCC[C@@H](C)[C@@H]1CC[C@]2(C)C1=CC[C@@H]1[C@@]3(C)CCCC(C)(C)[C@@H]3CC[C@]12C. The second kappa shape index (κ2) is 6.75. The molecule has 0 N–H and O–H groups in total. The second-order valence-electron chi connectivity index (χ2n) is 12.6. The molecule has 4 aliphatic rings. The van der Waals surface area contributed by atoms with Gasteiger partial charge in [-0.25, -0.2) is 0 Å². The maximum Gasteiger partial charge on any atom is -0.00566 e. The van der Waals surface area contributed by atoms with Crippen molar-refractivity contribution in [2.75, 3.05) is 0 Å². The molecule has 0 aliphatic heterocycles. The molecule has 0 aromatic heterocycles. The largest absolute Gasteiger partial charge is 0.103 e. The normalized spacial score (nSPS) is 48.1. The van der Waals surface area contributed by atoms with Gasteiger partial charge in [0.25, 0.3) is 0 Å². The molecule has 0 nitrogen and oxygen atoms in total. The topological polar surface area (TPSA) is 0 Å². The predicted molar refractivity (Wildman–Crippen MR) is 122 cm³/mol. The molecule has 4 aliphatic carbocycles. The van der Waals surface area contributed by atoms with E-state index < -0.39 is 0 Å². The molecule has 0 heterocycles. The lowest BCUT2D eigenvalue weighted by Gasteiger charge is -2.67. The Balaban J connectivity index is 1.69. The van der Waals surface area contributed by atoms with E-state index in [0.717, 1.165) is 23.7 Å². The average molecular weight is 383 g/mol. The number of rotatable bonds is 4. The van der Waals surface area contributed by atoms with E-state index in [0.29, 0.717) is 21.7 Å². The van der Waals surface area contributed by atoms with Gasteiger partial charge in [0.1, 0.15) is 0 Å². The van der Waals surface area contributed by atoms with Crippen LogP contribution in [0.25, 0.3) is 0 Å². The summed E-state index contributed by atoms with van der Waals surface area (Å²) in [6.45, 7) is 19.8. The molecule has 0 saturated heterocycles. The fraction of sp³-hybridized carbons (Fsp3) is 0.857. The van der Waals surface area contributed by atoms with Crippen molar-refractivity contribution in [1.82, 2.24) is 0 Å². The molecule has 0 radical (unpaired) electrons. The minimum absolute atomic E-state index is 0.443. The summed E-state index contributed by atoms with van der Waals surface area (Å²) in [5, 5.41) is 0. The molecular formula is C28H46. The zero-order valence-electron chi connectivity index (χ0n) is 19.7. The molecule has 0 aromatic rings. The van der Waals surface area contributed by atoms with Gasteiger partial charge in [0.05, 0.1) is 0 Å². The van der Waals surface area contributed by atoms with E-state index >= 15 is 0 Å². The van der Waals surface area contributed by atoms with Crippen LogP contribution >= 0.6 is 0 Å². The lowest BCUT2D eigenvalue weighted by molar-refractivity contribution is -0.164. The summed E-state index contributed by atoms with van der Waals surface area (Å²) in [6, 6.07) is 0. The highest BCUT2D eigenvalue weighted by Gasteiger charge is 2.65. The summed E-state index contributed by atoms with van der Waals surface area (Å²) in [7, 11) is 0. The number of hydrogen-bond donors (Lipinski definition) is 0. The second-order valence-corrected chi connectivity index (χ2v) is 12.6. The smallest absolute Gasteiger partial charge is 0.00566 e. The third-order valence-corrected chi connectivity index (χ3v) is 11.1. The first-order valence-corrected chi connectivity index (χ1v) is 12.4. The zero-order chi connectivity index (χ0) is 20.4. The molecule has 4 rings (SSSR count). The highest BCUT2D eigenvalue weighted by molar-refractivity contribution is 5.32. The summed E-state index contributed by atoms with van der Waals surface area (Å²) < 4.78 is 0. The van der Waals surface area contributed by atoms with Crippen molar-refractivity contribution < 1.29 is 0 Å². The Morgan fingerprint density at radius 2 is 1.79 bits per heavy atom. The molecule has 7 atom stereocenters. The molecule has 3 saturated carbocycles. The number of fused-ring (bicyclic) bond motifs is 5. The third kappa shape index (κ3) is 2.68. The van der Waals surface area contributed by atoms with Gasteiger partial charge in [0.2, 0.25) is 0 Å². The molecule has 158 valence electrons. The van der Waals surface area contributed by atoms with E-state index in [-0.39, 0.29) is 0 Å². The molecule has 0 amide bonds. The van der Waals surface area contributed by atoms with Gasteiger partial charge in [-0.05, 0) is 103 Å². The van der Waals surface area contributed by atoms with Gasteiger partial charge in [-0.15, -0.1) is 6.58 Å². The lowest BCUT2D eigenvalue weighted by atomic mass is 9.37. The van der Waals surface area contributed by atoms with Crippen LogP contribution in [-0.2, 0) is 0 Å². The molecule has 3 fully saturated rings. The summed E-state index contributed by atoms with van der Waals surface area (Å²) in [4.78, 5) is 0. The van der Waals surface area contributed by atoms with Crippen molar-refractivity contribution in [2.24, 2.45) is 45.3 Å². The van der Waals surface area contributed by atoms with Crippen LogP contribution in [0.1, 0.15) is 106 Å². The monoisotopic (exact) mass is 382 g/mol. The van der Waals surface area contributed by atoms with E-state index in [4.69, 9.17) is 0 Å². The van der Waals surface area contributed by atoms with Crippen molar-refractivity contribution in [2.45, 2.75) is 106 Å². The van der Waals surface area contributed by atoms with Crippen LogP contribution in [0.15, 0.2) is 24.3 Å². The van der Waals surface area contributed by atoms with E-state index in [9.17, 15) is 0 Å². The molecule has 0 aromatic carbocycles. The van der Waals surface area contributed by atoms with E-state index in [2.05, 4.69) is 60.3 Å². The van der Waals surface area contributed by atoms with Crippen LogP contribution in [0.2, 0.25) is 0 Å². The summed E-state index contributed by atoms with van der Waals surface area (Å²) >= 11 is 0. The quantitative estimate of drug-likeness (QED) is 0.427. The Hall–Kier alpha value is -0.520. The standard InChI is InChI=1S/C28H46/c1-8-9-11-20(2)21-14-18-27(6)22(21)12-13-24-26(5)17-10-16-25(3,4)23(26)15-19-28(24,27)7/h8,12,20-21,23-24H,1,9-11,13-19H2,2-7H3/t20-,21+,23+,24-,26+,27-,28-/m1/s1. The van der Waals surface area contributed by atoms with E-state index in [1.54, 1.807) is 0 Å². The Bertz CT molecular complexity index is 653. The van der Waals surface area contributed by atoms with Gasteiger partial charge < -0.3 is 0 Å². The van der Waals surface area contributed by atoms with Crippen LogP contribution < -0.4 is 0 Å². The molecule has 0 unspecified atom stereocenters. The Morgan fingerprint density at radius 3 is 2.50 bits per heavy atom. The molecule has 0 bridgehead atoms. The molecule has 0 heteroatoms. The van der Waals surface area contributed by atoms with Gasteiger partial charge in [-0.1, -0.05) is 65.7 Å². The fourth-order valence-electron chi connectivity index (χ4n) is 9.40. The molecular weight excluding hydrogens is 336 g/mol. The average Bonchev–Trinajstić information content (AvgIpc) is 2.97. The lowest BCUT2D eigenvalue weighted by Crippen LogP contribution is -2.60. The Kier molecular flexibility index (Phi) is 5.00. The summed E-state index contributed by atoms with van der Waals surface area (Å²) in [5.74, 6) is 3.45. The minimum atomic E-state index is 0.443. The van der Waals surface area contributed by atoms with Crippen molar-refractivity contribution in [3.8, 4) is 0 Å². The fourth-order valence-corrected chi connectivity index (χ4v) is 9.40. The van der Waals surface area contributed by atoms with Crippen LogP contribution in [0.3, 0.4) is 0 Å². The van der Waals surface area contributed by atoms with Crippen LogP contribution in [0, 0.1) is 45.3 Å². The first-order chi connectivity index (χ1) is 13.1. The highest BCUT2D eigenvalue weighted by atomic mass is 14.7. The first-order valence-electron chi connectivity index (χ1n) is 12.4. The predicted octanol–water partition coefficient (Wildman–Crippen LogP) is 8.58. The minimum Gasteiger partial charge on any atom is -0.103 e. The van der Waals surface area contributed by atoms with Gasteiger partial charge >= 0.3 is 0 Å². The number of hydrogen-bond acceptors (Lipinski definition) is 0. The van der Waals surface area contributed by atoms with Gasteiger partial charge in [0, 0.05) is 0 Å². The van der Waals surface area contributed by atoms with Crippen molar-refractivity contribution in [1.29, 1.82) is 0 Å². The Labute approximate surface area is 175 Å². The maximum absolute atomic E-state index is 3.96. The van der Waals surface area contributed by atoms with Crippen LogP contribution in [-0.4, -0.2) is 0 Å². The number of allylic oxidation sites excluding steroid dienone is 3. The van der Waals surface area contributed by atoms with Crippen molar-refractivity contribution in [3.05, 3.63) is 24.3 Å². The van der Waals surface area contributed by atoms with Crippen LogP contribution in [0.4, 0.5) is 0 Å². The van der Waals surface area contributed by atoms with Crippen molar-refractivity contribution >= 4 is 0 Å². The Morgan fingerprint density at radius 1 is 1.04 bits per heavy atom. The zero-order valence-corrected chi connectivity index (χ0v) is 19.7. The van der Waals surface area contributed by atoms with Gasteiger partial charge in [0.15, 0.2) is 0 Å². The first kappa shape index (κ1) is 20.7. The summed E-state index contributed by atoms with van der Waals surface area (Å²) in [5.41, 5.74) is 3.91. The summed E-state index contributed by atoms with van der Waals surface area (Å²) in [6.07, 6.45) is 18.9. The highest BCUT2D eigenvalue weighted by Crippen LogP contribution is 2.74. The molecule has 0 spiro atoms. The third-order valence-electron chi connectivity index (χ3n) is 11.1. The van der Waals surface area contributed by atoms with Crippen molar-refractivity contribution in [3.63, 3.8) is 0 Å². The van der Waals surface area contributed by atoms with Gasteiger partial charge in [-0.2, -0.15) is 0 Å². The maximum atomic E-state index is 3.96. The van der Waals surface area contributed by atoms with Gasteiger partial charge in [-0.3, -0.25) is 0 Å². The van der Waals surface area contributed by atoms with Crippen LogP contribution in [0.5, 0.6) is 0 Å².